The molecule has 90 valence electrons. The van der Waals surface area contributed by atoms with E-state index in [1.54, 1.807) is 4.90 Å². The van der Waals surface area contributed by atoms with E-state index >= 15 is 0 Å². The zero-order chi connectivity index (χ0) is 11.9. The molecular formula is C11H18N2O3. The lowest BCUT2D eigenvalue weighted by atomic mass is 9.83. The predicted octanol–water partition coefficient (Wildman–Crippen LogP) is 0.884. The molecule has 2 rings (SSSR count). The number of hydrogen-bond donors (Lipinski definition) is 1. The van der Waals surface area contributed by atoms with Gasteiger partial charge in [0.2, 0.25) is 5.91 Å². The largest absolute Gasteiger partial charge is 0.444 e. The van der Waals surface area contributed by atoms with Gasteiger partial charge >= 0.3 is 6.09 Å². The maximum atomic E-state index is 11.9. The molecule has 1 heterocycles. The van der Waals surface area contributed by atoms with Crippen LogP contribution in [0.3, 0.4) is 0 Å². The highest BCUT2D eigenvalue weighted by molar-refractivity contribution is 5.84. The first-order valence-electron chi connectivity index (χ1n) is 5.66. The van der Waals surface area contributed by atoms with E-state index in [2.05, 4.69) is 5.32 Å². The van der Waals surface area contributed by atoms with Gasteiger partial charge in [-0.3, -0.25) is 9.69 Å². The van der Waals surface area contributed by atoms with Crippen LogP contribution in [0.5, 0.6) is 0 Å². The molecule has 1 aliphatic heterocycles. The topological polar surface area (TPSA) is 58.6 Å². The van der Waals surface area contributed by atoms with Crippen LogP contribution >= 0.6 is 0 Å². The van der Waals surface area contributed by atoms with Gasteiger partial charge in [-0.1, -0.05) is 0 Å². The Morgan fingerprint density at radius 1 is 1.44 bits per heavy atom. The van der Waals surface area contributed by atoms with Crippen LogP contribution in [0.4, 0.5) is 4.79 Å². The number of carbonyl (C=O) groups excluding carboxylic acids is 2. The van der Waals surface area contributed by atoms with Crippen LogP contribution in [0.25, 0.3) is 0 Å². The van der Waals surface area contributed by atoms with E-state index in [4.69, 9.17) is 4.74 Å². The smallest absolute Gasteiger partial charge is 0.411 e. The summed E-state index contributed by atoms with van der Waals surface area (Å²) in [4.78, 5) is 24.8. The van der Waals surface area contributed by atoms with Gasteiger partial charge in [0.05, 0.1) is 6.04 Å². The normalized spacial score (nSPS) is 28.9. The Morgan fingerprint density at radius 2 is 2.12 bits per heavy atom. The Hall–Kier alpha value is -1.26. The first kappa shape index (κ1) is 11.2. The van der Waals surface area contributed by atoms with Crippen molar-refractivity contribution >= 4 is 12.0 Å². The molecule has 1 N–H and O–H groups in total. The summed E-state index contributed by atoms with van der Waals surface area (Å²) in [6.07, 6.45) is 1.52. The highest BCUT2D eigenvalue weighted by atomic mass is 16.6. The zero-order valence-electron chi connectivity index (χ0n) is 9.95. The van der Waals surface area contributed by atoms with E-state index in [1.165, 1.54) is 0 Å². The summed E-state index contributed by atoms with van der Waals surface area (Å²) < 4.78 is 5.29. The maximum Gasteiger partial charge on any atom is 0.411 e. The molecule has 2 fully saturated rings. The molecule has 16 heavy (non-hydrogen) atoms. The molecule has 0 aromatic rings. The minimum Gasteiger partial charge on any atom is -0.444 e. The van der Waals surface area contributed by atoms with Crippen molar-refractivity contribution in [3.8, 4) is 0 Å². The lowest BCUT2D eigenvalue weighted by Gasteiger charge is -2.47. The van der Waals surface area contributed by atoms with Crippen LogP contribution in [-0.4, -0.2) is 41.1 Å². The SMILES string of the molecule is CC(C)(C)OC(=O)N1CC(=O)N[C@@H]2CC[C@@H]21. The van der Waals surface area contributed by atoms with Crippen molar-refractivity contribution in [1.29, 1.82) is 0 Å². The Kier molecular flexibility index (Phi) is 2.56. The third kappa shape index (κ3) is 2.13. The molecule has 2 atom stereocenters. The molecule has 2 amide bonds. The molecule has 1 aliphatic carbocycles. The minimum absolute atomic E-state index is 0.0909. The van der Waals surface area contributed by atoms with Gasteiger partial charge in [-0.25, -0.2) is 4.79 Å². The van der Waals surface area contributed by atoms with Crippen molar-refractivity contribution in [2.45, 2.75) is 51.3 Å². The van der Waals surface area contributed by atoms with Crippen LogP contribution in [0.2, 0.25) is 0 Å². The summed E-state index contributed by atoms with van der Waals surface area (Å²) in [5.74, 6) is -0.0909. The summed E-state index contributed by atoms with van der Waals surface area (Å²) in [6, 6.07) is 0.265. The Morgan fingerprint density at radius 3 is 2.62 bits per heavy atom. The lowest BCUT2D eigenvalue weighted by Crippen LogP contribution is -2.67. The van der Waals surface area contributed by atoms with Crippen molar-refractivity contribution in [2.75, 3.05) is 6.54 Å². The van der Waals surface area contributed by atoms with E-state index in [9.17, 15) is 9.59 Å². The zero-order valence-corrected chi connectivity index (χ0v) is 9.95. The van der Waals surface area contributed by atoms with Gasteiger partial charge in [-0.2, -0.15) is 0 Å². The molecule has 0 aromatic carbocycles. The summed E-state index contributed by atoms with van der Waals surface area (Å²) >= 11 is 0. The summed E-state index contributed by atoms with van der Waals surface area (Å²) in [7, 11) is 0. The van der Waals surface area contributed by atoms with Gasteiger partial charge in [-0.05, 0) is 33.6 Å². The Balaban J connectivity index is 2.02. The number of fused-ring (bicyclic) bond motifs is 1. The number of nitrogens with one attached hydrogen (secondary N) is 1. The van der Waals surface area contributed by atoms with Crippen LogP contribution in [0, 0.1) is 0 Å². The number of carbonyl (C=O) groups is 2. The van der Waals surface area contributed by atoms with Gasteiger partial charge in [0.25, 0.3) is 0 Å². The number of rotatable bonds is 0. The third-order valence-corrected chi connectivity index (χ3v) is 2.93. The third-order valence-electron chi connectivity index (χ3n) is 2.93. The second-order valence-corrected chi connectivity index (χ2v) is 5.43. The highest BCUT2D eigenvalue weighted by Gasteiger charge is 2.44. The van der Waals surface area contributed by atoms with Crippen molar-refractivity contribution in [3.63, 3.8) is 0 Å². The minimum atomic E-state index is -0.510. The average molecular weight is 226 g/mol. The highest BCUT2D eigenvalue weighted by Crippen LogP contribution is 2.29. The van der Waals surface area contributed by atoms with Crippen molar-refractivity contribution < 1.29 is 14.3 Å². The number of ether oxygens (including phenoxy) is 1. The predicted molar refractivity (Wildman–Crippen MR) is 57.9 cm³/mol. The molecule has 5 nitrogen and oxygen atoms in total. The maximum absolute atomic E-state index is 11.9. The molecule has 0 spiro atoms. The van der Waals surface area contributed by atoms with Crippen LogP contribution in [0.1, 0.15) is 33.6 Å². The summed E-state index contributed by atoms with van der Waals surface area (Å²) in [6.45, 7) is 5.60. The molecule has 0 radical (unpaired) electrons. The average Bonchev–Trinajstić information content (AvgIpc) is 2.07. The first-order valence-corrected chi connectivity index (χ1v) is 5.66. The van der Waals surface area contributed by atoms with Gasteiger partial charge in [-0.15, -0.1) is 0 Å². The summed E-state index contributed by atoms with van der Waals surface area (Å²) in [5.41, 5.74) is -0.510. The Labute approximate surface area is 95.1 Å². The van der Waals surface area contributed by atoms with Crippen molar-refractivity contribution in [1.82, 2.24) is 10.2 Å². The van der Waals surface area contributed by atoms with E-state index in [0.29, 0.717) is 0 Å². The first-order chi connectivity index (χ1) is 7.37. The molecule has 0 bridgehead atoms. The van der Waals surface area contributed by atoms with Gasteiger partial charge in [0.15, 0.2) is 0 Å². The van der Waals surface area contributed by atoms with E-state index in [1.807, 2.05) is 20.8 Å². The van der Waals surface area contributed by atoms with Crippen LogP contribution in [-0.2, 0) is 9.53 Å². The van der Waals surface area contributed by atoms with Gasteiger partial charge in [0.1, 0.15) is 12.1 Å². The second-order valence-electron chi connectivity index (χ2n) is 5.43. The fraction of sp³-hybridized carbons (Fsp3) is 0.818. The molecule has 2 aliphatic rings. The van der Waals surface area contributed by atoms with Crippen LogP contribution in [0.15, 0.2) is 0 Å². The van der Waals surface area contributed by atoms with E-state index in [0.717, 1.165) is 12.8 Å². The number of piperazine rings is 1. The van der Waals surface area contributed by atoms with E-state index < -0.39 is 5.60 Å². The molecule has 0 unspecified atom stereocenters. The number of amides is 2. The number of hydrogen-bond acceptors (Lipinski definition) is 3. The summed E-state index contributed by atoms with van der Waals surface area (Å²) in [5, 5.41) is 2.88. The van der Waals surface area contributed by atoms with Crippen LogP contribution < -0.4 is 5.32 Å². The monoisotopic (exact) mass is 226 g/mol. The lowest BCUT2D eigenvalue weighted by molar-refractivity contribution is -0.130. The molecular weight excluding hydrogens is 208 g/mol. The fourth-order valence-electron chi connectivity index (χ4n) is 2.07. The molecule has 1 saturated heterocycles. The second kappa shape index (κ2) is 3.64. The molecule has 0 aromatic heterocycles. The number of nitrogens with zero attached hydrogens (tertiary/aromatic N) is 1. The fourth-order valence-corrected chi connectivity index (χ4v) is 2.07. The molecule has 5 heteroatoms. The van der Waals surface area contributed by atoms with Crippen molar-refractivity contribution in [2.24, 2.45) is 0 Å². The Bertz CT molecular complexity index is 322. The quantitative estimate of drug-likeness (QED) is 0.667. The van der Waals surface area contributed by atoms with Gasteiger partial charge < -0.3 is 10.1 Å². The van der Waals surface area contributed by atoms with E-state index in [-0.39, 0.29) is 30.6 Å². The van der Waals surface area contributed by atoms with Crippen molar-refractivity contribution in [3.05, 3.63) is 0 Å². The van der Waals surface area contributed by atoms with Gasteiger partial charge in [0, 0.05) is 6.04 Å². The standard InChI is InChI=1S/C11H18N2O3/c1-11(2,3)16-10(15)13-6-9(14)12-7-4-5-8(7)13/h7-8H,4-6H2,1-3H3,(H,12,14)/t7-,8+/m1/s1. The molecule has 1 saturated carbocycles.